The van der Waals surface area contributed by atoms with Crippen molar-refractivity contribution < 1.29 is 19.1 Å². The zero-order chi connectivity index (χ0) is 23.4. The van der Waals surface area contributed by atoms with Crippen LogP contribution in [0.4, 0.5) is 5.69 Å². The molecule has 8 nitrogen and oxygen atoms in total. The maximum absolute atomic E-state index is 13.6. The van der Waals surface area contributed by atoms with E-state index >= 15 is 0 Å². The molecule has 2 atom stereocenters. The molecule has 8 heteroatoms. The normalized spacial score (nSPS) is 18.2. The smallest absolute Gasteiger partial charge is 0.299 e. The lowest BCUT2D eigenvalue weighted by atomic mass is 9.80. The number of hydrogen-bond acceptors (Lipinski definition) is 4. The second kappa shape index (κ2) is 9.38. The van der Waals surface area contributed by atoms with Crippen molar-refractivity contribution in [2.45, 2.75) is 18.4 Å². The fourth-order valence-electron chi connectivity index (χ4n) is 4.10. The number of carbonyl (C=O) groups is 2. The highest BCUT2D eigenvalue weighted by Crippen LogP contribution is 2.38. The van der Waals surface area contributed by atoms with E-state index in [1.165, 1.54) is 24.3 Å². The lowest BCUT2D eigenvalue weighted by Crippen LogP contribution is -2.58. The van der Waals surface area contributed by atoms with Gasteiger partial charge in [0.25, 0.3) is 17.5 Å². The van der Waals surface area contributed by atoms with Gasteiger partial charge in [-0.25, -0.2) is 0 Å². The second-order valence-electron chi connectivity index (χ2n) is 7.65. The number of likely N-dealkylation sites (tertiary alicyclic amines) is 1. The molecule has 1 fully saturated rings. The van der Waals surface area contributed by atoms with Crippen LogP contribution >= 0.6 is 0 Å². The van der Waals surface area contributed by atoms with Crippen LogP contribution in [0, 0.1) is 10.1 Å². The monoisotopic (exact) mass is 440 g/mol. The Bertz CT molecular complexity index is 1240. The van der Waals surface area contributed by atoms with E-state index in [1.54, 1.807) is 35.2 Å². The average molecular weight is 440 g/mol. The number of imide groups is 1. The number of nitrogens with zero attached hydrogens (tertiary/aromatic N) is 4. The fourth-order valence-corrected chi connectivity index (χ4v) is 4.10. The third-order valence-corrected chi connectivity index (χ3v) is 5.73. The summed E-state index contributed by atoms with van der Waals surface area (Å²) in [4.78, 5) is 38.6. The lowest BCUT2D eigenvalue weighted by molar-refractivity contribution is -0.712. The van der Waals surface area contributed by atoms with Gasteiger partial charge in [-0.2, -0.15) is 4.57 Å². The zero-order valence-corrected chi connectivity index (χ0v) is 17.6. The van der Waals surface area contributed by atoms with Crippen LogP contribution in [0.25, 0.3) is 5.41 Å². The van der Waals surface area contributed by atoms with Crippen molar-refractivity contribution in [2.24, 2.45) is 0 Å². The summed E-state index contributed by atoms with van der Waals surface area (Å²) in [5.74, 6) is 0.0977. The maximum atomic E-state index is 13.6. The predicted octanol–water partition coefficient (Wildman–Crippen LogP) is 2.98. The standard InChI is InChI=1S/C25H20N4O4/c26-17-21-22(19-9-11-20(12-10-19)29(32)33)23(27-14-5-2-6-15-27)25(31)28(24(21)30)16-13-18-7-3-1-4-8-18/h1-12,14-15,22-23H,13,16H2. The number of pyridine rings is 1. The van der Waals surface area contributed by atoms with Gasteiger partial charge >= 0.3 is 0 Å². The van der Waals surface area contributed by atoms with Crippen LogP contribution in [-0.4, -0.2) is 34.1 Å². The van der Waals surface area contributed by atoms with Gasteiger partial charge in [0.15, 0.2) is 12.4 Å². The highest BCUT2D eigenvalue weighted by Gasteiger charge is 2.50. The molecule has 0 spiro atoms. The summed E-state index contributed by atoms with van der Waals surface area (Å²) < 4.78 is 1.67. The van der Waals surface area contributed by atoms with Crippen molar-refractivity contribution in [2.75, 3.05) is 6.54 Å². The molecule has 0 aliphatic carbocycles. The van der Waals surface area contributed by atoms with E-state index in [-0.39, 0.29) is 17.8 Å². The van der Waals surface area contributed by atoms with Gasteiger partial charge in [-0.1, -0.05) is 48.5 Å². The molecule has 4 rings (SSSR count). The fraction of sp³-hybridized carbons (Fsp3) is 0.160. The Kier molecular flexibility index (Phi) is 6.20. The van der Waals surface area contributed by atoms with Crippen LogP contribution in [-0.2, 0) is 16.0 Å². The first-order chi connectivity index (χ1) is 16.0. The molecule has 164 valence electrons. The molecule has 2 aromatic carbocycles. The number of aromatic nitrogens is 1. The van der Waals surface area contributed by atoms with Crippen molar-refractivity contribution in [3.05, 3.63) is 117 Å². The average Bonchev–Trinajstić information content (AvgIpc) is 2.85. The Morgan fingerprint density at radius 1 is 0.970 bits per heavy atom. The van der Waals surface area contributed by atoms with E-state index in [9.17, 15) is 25.1 Å². The van der Waals surface area contributed by atoms with Crippen molar-refractivity contribution in [1.29, 1.82) is 0 Å². The first kappa shape index (κ1) is 21.8. The molecule has 1 aromatic heterocycles. The minimum Gasteiger partial charge on any atom is -0.763 e. The molecule has 33 heavy (non-hydrogen) atoms. The van der Waals surface area contributed by atoms with E-state index in [4.69, 9.17) is 0 Å². The van der Waals surface area contributed by atoms with Gasteiger partial charge < -0.3 is 5.41 Å². The molecular weight excluding hydrogens is 420 g/mol. The van der Waals surface area contributed by atoms with Gasteiger partial charge in [-0.3, -0.25) is 30.5 Å². The molecule has 0 radical (unpaired) electrons. The summed E-state index contributed by atoms with van der Waals surface area (Å²) in [6.45, 7) is 0.143. The predicted molar refractivity (Wildman–Crippen MR) is 120 cm³/mol. The number of rotatable bonds is 6. The number of nitro groups is 1. The van der Waals surface area contributed by atoms with Gasteiger partial charge in [-0.05, 0) is 17.5 Å². The van der Waals surface area contributed by atoms with Crippen LogP contribution in [0.3, 0.4) is 0 Å². The minimum absolute atomic E-state index is 0.0714. The number of piperidine rings is 1. The molecule has 3 aromatic rings. The number of benzene rings is 2. The number of hydrogen-bond donors (Lipinski definition) is 0. The quantitative estimate of drug-likeness (QED) is 0.147. The van der Waals surface area contributed by atoms with E-state index < -0.39 is 28.7 Å². The number of amides is 2. The molecule has 0 N–H and O–H groups in total. The highest BCUT2D eigenvalue weighted by molar-refractivity contribution is 6.14. The van der Waals surface area contributed by atoms with Crippen molar-refractivity contribution in [1.82, 2.24) is 4.90 Å². The summed E-state index contributed by atoms with van der Waals surface area (Å²) in [7, 11) is 0. The molecule has 1 saturated heterocycles. The van der Waals surface area contributed by atoms with E-state index in [2.05, 4.69) is 0 Å². The number of carbonyl (C=O) groups excluding carboxylic acids is 2. The third-order valence-electron chi connectivity index (χ3n) is 5.73. The Morgan fingerprint density at radius 3 is 2.21 bits per heavy atom. The van der Waals surface area contributed by atoms with Crippen molar-refractivity contribution in [3.63, 3.8) is 0 Å². The number of non-ortho nitro benzene ring substituents is 1. The Hall–Kier alpha value is -4.42. The summed E-state index contributed by atoms with van der Waals surface area (Å²) in [5.41, 5.74) is 1.28. The molecule has 0 bridgehead atoms. The van der Waals surface area contributed by atoms with Gasteiger partial charge in [0, 0.05) is 30.8 Å². The molecule has 1 aliphatic rings. The van der Waals surface area contributed by atoms with E-state index in [1.807, 2.05) is 36.2 Å². The first-order valence-electron chi connectivity index (χ1n) is 10.4. The van der Waals surface area contributed by atoms with E-state index in [0.29, 0.717) is 12.0 Å². The lowest BCUT2D eigenvalue weighted by Gasteiger charge is -2.35. The highest BCUT2D eigenvalue weighted by atomic mass is 16.6. The summed E-state index contributed by atoms with van der Waals surface area (Å²) in [6, 6.07) is 19.6. The minimum atomic E-state index is -0.879. The summed E-state index contributed by atoms with van der Waals surface area (Å²) in [6.07, 6.45) is 3.88. The Labute approximate surface area is 190 Å². The largest absolute Gasteiger partial charge is 0.763 e. The number of nitro benzene ring substituents is 1. The SMILES string of the molecule is [N-]=C=C1C(=O)N(CCc2ccccc2)C(=O)C([n+]2ccccc2)C1c1ccc([N+](=O)[O-])cc1. The van der Waals surface area contributed by atoms with E-state index in [0.717, 1.165) is 10.5 Å². The van der Waals surface area contributed by atoms with Gasteiger partial charge in [0.05, 0.1) is 16.4 Å². The molecule has 0 saturated carbocycles. The van der Waals surface area contributed by atoms with Gasteiger partial charge in [-0.15, -0.1) is 0 Å². The summed E-state index contributed by atoms with van der Waals surface area (Å²) >= 11 is 0. The second-order valence-corrected chi connectivity index (χ2v) is 7.65. The summed E-state index contributed by atoms with van der Waals surface area (Å²) in [5, 5.41) is 21.0. The van der Waals surface area contributed by atoms with Crippen LogP contribution in [0.15, 0.2) is 90.8 Å². The van der Waals surface area contributed by atoms with Crippen LogP contribution in [0.5, 0.6) is 0 Å². The van der Waals surface area contributed by atoms with Gasteiger partial charge in [0.2, 0.25) is 6.04 Å². The topological polar surface area (TPSA) is 107 Å². The van der Waals surface area contributed by atoms with Gasteiger partial charge in [0.1, 0.15) is 0 Å². The zero-order valence-electron chi connectivity index (χ0n) is 17.6. The van der Waals surface area contributed by atoms with Crippen LogP contribution < -0.4 is 4.57 Å². The molecule has 2 heterocycles. The van der Waals surface area contributed by atoms with Crippen molar-refractivity contribution in [3.8, 4) is 0 Å². The molecule has 2 unspecified atom stereocenters. The van der Waals surface area contributed by atoms with Crippen molar-refractivity contribution >= 4 is 23.4 Å². The maximum Gasteiger partial charge on any atom is 0.299 e. The van der Waals surface area contributed by atoms with Crippen LogP contribution in [0.1, 0.15) is 23.1 Å². The molecule has 2 amide bonds. The van der Waals surface area contributed by atoms with Crippen LogP contribution in [0.2, 0.25) is 0 Å². The Balaban J connectivity index is 1.76. The first-order valence-corrected chi connectivity index (χ1v) is 10.4. The third kappa shape index (κ3) is 4.33. The molecular formula is C25H20N4O4. The molecule has 1 aliphatic heterocycles. The Morgan fingerprint density at radius 2 is 1.61 bits per heavy atom.